The number of hydrogen-bond donors (Lipinski definition) is 3. The van der Waals surface area contributed by atoms with Gasteiger partial charge < -0.3 is 16.2 Å². The van der Waals surface area contributed by atoms with E-state index in [1.807, 2.05) is 24.4 Å². The Balaban J connectivity index is 2.30. The molecular formula is C12H18N2O3S. The highest BCUT2D eigenvalue weighted by Crippen LogP contribution is 2.16. The second-order valence-electron chi connectivity index (χ2n) is 4.28. The molecule has 100 valence electrons. The number of carbonyl (C=O) groups excluding carboxylic acids is 1. The van der Waals surface area contributed by atoms with Gasteiger partial charge in [0.25, 0.3) is 0 Å². The highest BCUT2D eigenvalue weighted by Gasteiger charge is 2.17. The molecule has 0 saturated heterocycles. The highest BCUT2D eigenvalue weighted by atomic mass is 32.1. The Morgan fingerprint density at radius 3 is 2.83 bits per heavy atom. The summed E-state index contributed by atoms with van der Waals surface area (Å²) in [5.74, 6) is -0.913. The molecule has 0 radical (unpaired) electrons. The van der Waals surface area contributed by atoms with E-state index in [9.17, 15) is 9.59 Å². The SMILES string of the molecule is CC(CCC(=O)O)CNC(=O)C(N)c1cccs1. The summed E-state index contributed by atoms with van der Waals surface area (Å²) < 4.78 is 0. The summed E-state index contributed by atoms with van der Waals surface area (Å²) in [7, 11) is 0. The van der Waals surface area contributed by atoms with Gasteiger partial charge in [-0.1, -0.05) is 13.0 Å². The number of amides is 1. The maximum Gasteiger partial charge on any atom is 0.303 e. The smallest absolute Gasteiger partial charge is 0.303 e. The van der Waals surface area contributed by atoms with Crippen LogP contribution in [0.5, 0.6) is 0 Å². The number of nitrogens with two attached hydrogens (primary N) is 1. The lowest BCUT2D eigenvalue weighted by Crippen LogP contribution is -2.36. The van der Waals surface area contributed by atoms with Gasteiger partial charge in [0.1, 0.15) is 6.04 Å². The van der Waals surface area contributed by atoms with Gasteiger partial charge in [-0.05, 0) is 23.8 Å². The average Bonchev–Trinajstić information content (AvgIpc) is 2.86. The summed E-state index contributed by atoms with van der Waals surface area (Å²) in [5.41, 5.74) is 5.80. The second-order valence-corrected chi connectivity index (χ2v) is 5.26. The number of hydrogen-bond acceptors (Lipinski definition) is 4. The highest BCUT2D eigenvalue weighted by molar-refractivity contribution is 7.10. The van der Waals surface area contributed by atoms with E-state index in [2.05, 4.69) is 5.32 Å². The first-order valence-corrected chi connectivity index (χ1v) is 6.67. The molecule has 0 aliphatic heterocycles. The molecular weight excluding hydrogens is 252 g/mol. The largest absolute Gasteiger partial charge is 0.481 e. The molecule has 1 aromatic rings. The Bertz CT molecular complexity index is 392. The average molecular weight is 270 g/mol. The molecule has 0 saturated carbocycles. The van der Waals surface area contributed by atoms with Gasteiger partial charge in [0.05, 0.1) is 0 Å². The zero-order chi connectivity index (χ0) is 13.5. The molecule has 0 bridgehead atoms. The van der Waals surface area contributed by atoms with Crippen molar-refractivity contribution < 1.29 is 14.7 Å². The number of thiophene rings is 1. The van der Waals surface area contributed by atoms with Crippen molar-refractivity contribution in [2.75, 3.05) is 6.54 Å². The van der Waals surface area contributed by atoms with Crippen molar-refractivity contribution in [3.8, 4) is 0 Å². The van der Waals surface area contributed by atoms with E-state index in [0.29, 0.717) is 13.0 Å². The summed E-state index contributed by atoms with van der Waals surface area (Å²) in [5, 5.41) is 13.2. The molecule has 0 aromatic carbocycles. The predicted molar refractivity (Wildman–Crippen MR) is 70.3 cm³/mol. The quantitative estimate of drug-likeness (QED) is 0.697. The van der Waals surface area contributed by atoms with Crippen LogP contribution in [0.2, 0.25) is 0 Å². The van der Waals surface area contributed by atoms with Crippen LogP contribution >= 0.6 is 11.3 Å². The summed E-state index contributed by atoms with van der Waals surface area (Å²) in [6, 6.07) is 3.03. The normalized spacial score (nSPS) is 13.9. The molecule has 0 aliphatic carbocycles. The first-order valence-electron chi connectivity index (χ1n) is 5.79. The zero-order valence-electron chi connectivity index (χ0n) is 10.3. The third-order valence-corrected chi connectivity index (χ3v) is 3.56. The Hall–Kier alpha value is -1.40. The minimum Gasteiger partial charge on any atom is -0.481 e. The number of aliphatic carboxylic acids is 1. The first-order chi connectivity index (χ1) is 8.50. The van der Waals surface area contributed by atoms with Crippen LogP contribution in [0, 0.1) is 5.92 Å². The first kappa shape index (κ1) is 14.7. The summed E-state index contributed by atoms with van der Waals surface area (Å²) in [6.07, 6.45) is 0.665. The molecule has 0 spiro atoms. The van der Waals surface area contributed by atoms with Crippen LogP contribution in [-0.2, 0) is 9.59 Å². The number of carbonyl (C=O) groups is 2. The van der Waals surface area contributed by atoms with Gasteiger partial charge in [0.15, 0.2) is 0 Å². The molecule has 2 atom stereocenters. The molecule has 1 amide bonds. The summed E-state index contributed by atoms with van der Waals surface area (Å²) in [6.45, 7) is 2.35. The molecule has 2 unspecified atom stereocenters. The molecule has 1 rings (SSSR count). The van der Waals surface area contributed by atoms with E-state index in [-0.39, 0.29) is 18.2 Å². The topological polar surface area (TPSA) is 92.4 Å². The number of carboxylic acids is 1. The van der Waals surface area contributed by atoms with Crippen LogP contribution in [0.1, 0.15) is 30.7 Å². The molecule has 1 heterocycles. The third kappa shape index (κ3) is 4.85. The van der Waals surface area contributed by atoms with Gasteiger partial charge in [-0.3, -0.25) is 9.59 Å². The minimum absolute atomic E-state index is 0.119. The van der Waals surface area contributed by atoms with Crippen molar-refractivity contribution in [3.05, 3.63) is 22.4 Å². The van der Waals surface area contributed by atoms with E-state index in [1.54, 1.807) is 0 Å². The fourth-order valence-corrected chi connectivity index (χ4v) is 2.18. The van der Waals surface area contributed by atoms with Crippen molar-refractivity contribution >= 4 is 23.2 Å². The lowest BCUT2D eigenvalue weighted by Gasteiger charge is -2.14. The molecule has 0 fully saturated rings. The molecule has 18 heavy (non-hydrogen) atoms. The maximum absolute atomic E-state index is 11.7. The van der Waals surface area contributed by atoms with E-state index >= 15 is 0 Å². The van der Waals surface area contributed by atoms with Crippen molar-refractivity contribution in [2.45, 2.75) is 25.8 Å². The van der Waals surface area contributed by atoms with E-state index in [4.69, 9.17) is 10.8 Å². The second kappa shape index (κ2) is 7.13. The van der Waals surface area contributed by atoms with Crippen LogP contribution in [0.3, 0.4) is 0 Å². The van der Waals surface area contributed by atoms with Gasteiger partial charge in [-0.15, -0.1) is 11.3 Å². The molecule has 5 nitrogen and oxygen atoms in total. The number of nitrogens with one attached hydrogen (secondary N) is 1. The molecule has 0 aliphatic rings. The fourth-order valence-electron chi connectivity index (χ4n) is 1.45. The van der Waals surface area contributed by atoms with Gasteiger partial charge in [-0.25, -0.2) is 0 Å². The number of rotatable bonds is 7. The maximum atomic E-state index is 11.7. The van der Waals surface area contributed by atoms with E-state index in [1.165, 1.54) is 11.3 Å². The van der Waals surface area contributed by atoms with Crippen molar-refractivity contribution in [2.24, 2.45) is 11.7 Å². The van der Waals surface area contributed by atoms with Crippen molar-refractivity contribution in [1.82, 2.24) is 5.32 Å². The minimum atomic E-state index is -0.816. The van der Waals surface area contributed by atoms with Gasteiger partial charge in [0, 0.05) is 17.8 Å². The summed E-state index contributed by atoms with van der Waals surface area (Å²) in [4.78, 5) is 23.0. The van der Waals surface area contributed by atoms with E-state index < -0.39 is 12.0 Å². The van der Waals surface area contributed by atoms with Gasteiger partial charge in [0.2, 0.25) is 5.91 Å². The third-order valence-electron chi connectivity index (χ3n) is 2.61. The molecule has 1 aromatic heterocycles. The fraction of sp³-hybridized carbons (Fsp3) is 0.500. The predicted octanol–water partition coefficient (Wildman–Crippen LogP) is 1.37. The Morgan fingerprint density at radius 2 is 2.28 bits per heavy atom. The standard InChI is InChI=1S/C12H18N2O3S/c1-8(4-5-10(15)16)7-14-12(17)11(13)9-3-2-6-18-9/h2-3,6,8,11H,4-5,7,13H2,1H3,(H,14,17)(H,15,16). The van der Waals surface area contributed by atoms with Crippen LogP contribution in [0.4, 0.5) is 0 Å². The Labute approximate surface area is 110 Å². The van der Waals surface area contributed by atoms with E-state index in [0.717, 1.165) is 4.88 Å². The van der Waals surface area contributed by atoms with Crippen LogP contribution in [0.15, 0.2) is 17.5 Å². The van der Waals surface area contributed by atoms with Crippen LogP contribution < -0.4 is 11.1 Å². The number of carboxylic acid groups (broad SMARTS) is 1. The molecule has 4 N–H and O–H groups in total. The summed E-state index contributed by atoms with van der Waals surface area (Å²) >= 11 is 1.44. The lowest BCUT2D eigenvalue weighted by molar-refractivity contribution is -0.137. The monoisotopic (exact) mass is 270 g/mol. The lowest BCUT2D eigenvalue weighted by atomic mass is 10.1. The van der Waals surface area contributed by atoms with Crippen LogP contribution in [-0.4, -0.2) is 23.5 Å². The van der Waals surface area contributed by atoms with Crippen molar-refractivity contribution in [1.29, 1.82) is 0 Å². The van der Waals surface area contributed by atoms with Gasteiger partial charge in [-0.2, -0.15) is 0 Å². The Morgan fingerprint density at radius 1 is 1.56 bits per heavy atom. The van der Waals surface area contributed by atoms with Gasteiger partial charge >= 0.3 is 5.97 Å². The Kier molecular flexibility index (Phi) is 5.80. The molecule has 6 heteroatoms. The van der Waals surface area contributed by atoms with Crippen LogP contribution in [0.25, 0.3) is 0 Å². The van der Waals surface area contributed by atoms with Crippen molar-refractivity contribution in [3.63, 3.8) is 0 Å². The zero-order valence-corrected chi connectivity index (χ0v) is 11.1.